The predicted molar refractivity (Wildman–Crippen MR) is 70.2 cm³/mol. The van der Waals surface area contributed by atoms with Crippen LogP contribution in [0.5, 0.6) is 0 Å². The first-order valence-electron chi connectivity index (χ1n) is 5.05. The van der Waals surface area contributed by atoms with E-state index in [1.165, 1.54) is 0 Å². The molecular weight excluding hydrogens is 258 g/mol. The maximum atomic E-state index is 10.7. The molecule has 0 aliphatic rings. The lowest BCUT2D eigenvalue weighted by molar-refractivity contribution is -0.135. The molecule has 0 saturated carbocycles. The van der Waals surface area contributed by atoms with Gasteiger partial charge in [0.15, 0.2) is 0 Å². The van der Waals surface area contributed by atoms with Crippen LogP contribution in [-0.4, -0.2) is 28.7 Å². The zero-order valence-corrected chi connectivity index (χ0v) is 10.3. The van der Waals surface area contributed by atoms with Gasteiger partial charge in [0.25, 0.3) is 0 Å². The van der Waals surface area contributed by atoms with Crippen LogP contribution in [0.25, 0.3) is 0 Å². The van der Waals surface area contributed by atoms with Crippen LogP contribution in [-0.2, 0) is 9.59 Å². The number of carboxylic acids is 2. The Morgan fingerprint density at radius 1 is 1.17 bits per heavy atom. The molecule has 0 aliphatic heterocycles. The molecular formula is C12H14ClNO4. The maximum Gasteiger partial charge on any atom is 0.331 e. The van der Waals surface area contributed by atoms with E-state index in [1.54, 1.807) is 0 Å². The van der Waals surface area contributed by atoms with Gasteiger partial charge in [-0.1, -0.05) is 18.2 Å². The minimum Gasteiger partial charge on any atom is -0.478 e. The Kier molecular flexibility index (Phi) is 7.23. The molecule has 0 amide bonds. The summed E-state index contributed by atoms with van der Waals surface area (Å²) < 4.78 is 0. The minimum absolute atomic E-state index is 0. The third kappa shape index (κ3) is 5.91. The second-order valence-corrected chi connectivity index (χ2v) is 3.36. The van der Waals surface area contributed by atoms with Gasteiger partial charge in [-0.3, -0.25) is 0 Å². The molecule has 6 heteroatoms. The number of aliphatic carboxylic acids is 2. The summed E-state index contributed by atoms with van der Waals surface area (Å²) >= 11 is 0. The van der Waals surface area contributed by atoms with Gasteiger partial charge < -0.3 is 15.5 Å². The molecule has 0 aliphatic carbocycles. The summed E-state index contributed by atoms with van der Waals surface area (Å²) in [6, 6.07) is 9.28. The molecule has 0 radical (unpaired) electrons. The third-order valence-electron chi connectivity index (χ3n) is 2.07. The number of hydrogen-bond acceptors (Lipinski definition) is 3. The van der Waals surface area contributed by atoms with Crippen molar-refractivity contribution in [1.82, 2.24) is 0 Å². The quantitative estimate of drug-likeness (QED) is 0.689. The van der Waals surface area contributed by atoms with Crippen LogP contribution in [0.15, 0.2) is 42.0 Å². The molecule has 0 heterocycles. The highest BCUT2D eigenvalue weighted by Crippen LogP contribution is 2.07. The number of halogens is 1. The summed E-state index contributed by atoms with van der Waals surface area (Å²) in [5.74, 6) is -2.45. The average Bonchev–Trinajstić information content (AvgIpc) is 2.28. The fraction of sp³-hybridized carbons (Fsp3) is 0.167. The number of nitrogens with one attached hydrogen (secondary N) is 1. The Hall–Kier alpha value is -2.01. The molecule has 0 unspecified atom stereocenters. The van der Waals surface area contributed by atoms with Crippen LogP contribution in [0.3, 0.4) is 0 Å². The van der Waals surface area contributed by atoms with Crippen LogP contribution in [0.4, 0.5) is 5.69 Å². The molecule has 0 bridgehead atoms. The van der Waals surface area contributed by atoms with Crippen molar-refractivity contribution in [2.75, 3.05) is 11.9 Å². The fourth-order valence-electron chi connectivity index (χ4n) is 1.29. The molecule has 1 rings (SSSR count). The van der Waals surface area contributed by atoms with Crippen LogP contribution >= 0.6 is 12.4 Å². The number of carbonyl (C=O) groups is 2. The highest BCUT2D eigenvalue weighted by Gasteiger charge is 2.08. The van der Waals surface area contributed by atoms with E-state index in [2.05, 4.69) is 5.32 Å². The number of para-hydroxylation sites is 1. The van der Waals surface area contributed by atoms with Crippen LogP contribution < -0.4 is 5.32 Å². The zero-order chi connectivity index (χ0) is 12.7. The molecule has 0 atom stereocenters. The molecule has 0 aromatic heterocycles. The summed E-state index contributed by atoms with van der Waals surface area (Å²) in [4.78, 5) is 21.1. The van der Waals surface area contributed by atoms with Gasteiger partial charge in [-0.2, -0.15) is 0 Å². The molecule has 0 fully saturated rings. The Labute approximate surface area is 111 Å². The van der Waals surface area contributed by atoms with Gasteiger partial charge in [0, 0.05) is 23.9 Å². The fourth-order valence-corrected chi connectivity index (χ4v) is 1.29. The number of carboxylic acid groups (broad SMARTS) is 2. The van der Waals surface area contributed by atoms with Crippen molar-refractivity contribution in [2.24, 2.45) is 0 Å². The Morgan fingerprint density at radius 2 is 1.78 bits per heavy atom. The van der Waals surface area contributed by atoms with E-state index < -0.39 is 11.9 Å². The summed E-state index contributed by atoms with van der Waals surface area (Å²) in [6.07, 6.45) is 0.867. The van der Waals surface area contributed by atoms with E-state index in [-0.39, 0.29) is 24.4 Å². The smallest absolute Gasteiger partial charge is 0.331 e. The molecule has 0 spiro atoms. The van der Waals surface area contributed by atoms with Crippen molar-refractivity contribution in [3.8, 4) is 0 Å². The summed E-state index contributed by atoms with van der Waals surface area (Å²) in [5, 5.41) is 20.3. The van der Waals surface area contributed by atoms with Gasteiger partial charge in [-0.05, 0) is 18.6 Å². The monoisotopic (exact) mass is 271 g/mol. The normalized spacial score (nSPS) is 10.3. The van der Waals surface area contributed by atoms with Crippen molar-refractivity contribution >= 4 is 30.0 Å². The predicted octanol–water partition coefficient (Wildman–Crippen LogP) is 2.01. The molecule has 3 N–H and O–H groups in total. The highest BCUT2D eigenvalue weighted by molar-refractivity contribution is 5.94. The first-order chi connectivity index (χ1) is 8.09. The largest absolute Gasteiger partial charge is 0.478 e. The first kappa shape index (κ1) is 16.0. The summed E-state index contributed by atoms with van der Waals surface area (Å²) in [7, 11) is 0. The Balaban J connectivity index is 0.00000289. The summed E-state index contributed by atoms with van der Waals surface area (Å²) in [6.45, 7) is 0.370. The third-order valence-corrected chi connectivity index (χ3v) is 2.07. The highest BCUT2D eigenvalue weighted by atomic mass is 35.5. The number of hydrogen-bond donors (Lipinski definition) is 3. The summed E-state index contributed by atoms with van der Waals surface area (Å²) in [5.41, 5.74) is 0.744. The Morgan fingerprint density at radius 3 is 2.28 bits per heavy atom. The minimum atomic E-state index is -1.25. The molecule has 98 valence electrons. The van der Waals surface area contributed by atoms with Crippen molar-refractivity contribution < 1.29 is 19.8 Å². The van der Waals surface area contributed by atoms with E-state index in [9.17, 15) is 9.59 Å². The van der Waals surface area contributed by atoms with E-state index in [1.807, 2.05) is 30.3 Å². The van der Waals surface area contributed by atoms with E-state index in [4.69, 9.17) is 10.2 Å². The molecule has 5 nitrogen and oxygen atoms in total. The van der Waals surface area contributed by atoms with Crippen molar-refractivity contribution in [3.05, 3.63) is 42.0 Å². The molecule has 0 saturated heterocycles. The maximum absolute atomic E-state index is 10.7. The second-order valence-electron chi connectivity index (χ2n) is 3.36. The molecule has 18 heavy (non-hydrogen) atoms. The van der Waals surface area contributed by atoms with Crippen LogP contribution in [0, 0.1) is 0 Å². The molecule has 1 aromatic rings. The molecule has 1 aromatic carbocycles. The lowest BCUT2D eigenvalue weighted by Crippen LogP contribution is -2.10. The van der Waals surface area contributed by atoms with Gasteiger partial charge in [-0.15, -0.1) is 12.4 Å². The lowest BCUT2D eigenvalue weighted by atomic mass is 10.1. The van der Waals surface area contributed by atoms with Crippen molar-refractivity contribution in [2.45, 2.75) is 6.42 Å². The van der Waals surface area contributed by atoms with Crippen LogP contribution in [0.2, 0.25) is 0 Å². The number of anilines is 1. The van der Waals surface area contributed by atoms with E-state index >= 15 is 0 Å². The standard InChI is InChI=1S/C12H13NO4.ClH/c14-11(15)8-9(12(16)17)6-7-13-10-4-2-1-3-5-10;/h1-5,8,13H,6-7H2,(H,14,15)(H,16,17);1H/b9-8+;. The van der Waals surface area contributed by atoms with Gasteiger partial charge >= 0.3 is 11.9 Å². The van der Waals surface area contributed by atoms with E-state index in [0.29, 0.717) is 6.54 Å². The first-order valence-corrected chi connectivity index (χ1v) is 5.05. The topological polar surface area (TPSA) is 86.6 Å². The van der Waals surface area contributed by atoms with Crippen molar-refractivity contribution in [1.29, 1.82) is 0 Å². The second kappa shape index (κ2) is 8.14. The SMILES string of the molecule is Cl.O=C(O)/C=C(\CCNc1ccccc1)C(=O)O. The van der Waals surface area contributed by atoms with Crippen LogP contribution in [0.1, 0.15) is 6.42 Å². The zero-order valence-electron chi connectivity index (χ0n) is 9.50. The number of benzene rings is 1. The number of rotatable bonds is 6. The van der Waals surface area contributed by atoms with Gasteiger partial charge in [0.1, 0.15) is 0 Å². The van der Waals surface area contributed by atoms with Gasteiger partial charge in [-0.25, -0.2) is 9.59 Å². The van der Waals surface area contributed by atoms with Crippen molar-refractivity contribution in [3.63, 3.8) is 0 Å². The van der Waals surface area contributed by atoms with Gasteiger partial charge in [0.2, 0.25) is 0 Å². The average molecular weight is 272 g/mol. The lowest BCUT2D eigenvalue weighted by Gasteiger charge is -2.06. The van der Waals surface area contributed by atoms with Gasteiger partial charge in [0.05, 0.1) is 0 Å². The van der Waals surface area contributed by atoms with E-state index in [0.717, 1.165) is 11.8 Å². The Bertz CT molecular complexity index is 431.